The van der Waals surface area contributed by atoms with Crippen LogP contribution in [0.1, 0.15) is 21.5 Å². The Morgan fingerprint density at radius 1 is 1.14 bits per heavy atom. The van der Waals surface area contributed by atoms with E-state index in [1.54, 1.807) is 49.6 Å². The minimum atomic E-state index is -0.484. The van der Waals surface area contributed by atoms with Crippen molar-refractivity contribution in [1.29, 1.82) is 0 Å². The molecule has 0 atom stereocenters. The molecule has 2 aromatic rings. The van der Waals surface area contributed by atoms with Gasteiger partial charge in [0.1, 0.15) is 5.75 Å². The summed E-state index contributed by atoms with van der Waals surface area (Å²) in [7, 11) is 1.55. The predicted molar refractivity (Wildman–Crippen MR) is 81.8 cm³/mol. The molecule has 0 radical (unpaired) electrons. The Hall–Kier alpha value is -2.99. The minimum Gasteiger partial charge on any atom is -0.504 e. The molecule has 0 aliphatic rings. The Morgan fingerprint density at radius 2 is 1.86 bits per heavy atom. The molecule has 0 spiro atoms. The maximum Gasteiger partial charge on any atom is 0.344 e. The number of para-hydroxylation sites is 1. The van der Waals surface area contributed by atoms with Gasteiger partial charge in [-0.2, -0.15) is 0 Å². The molecule has 104 valence electrons. The third-order valence-electron chi connectivity index (χ3n) is 2.81. The summed E-state index contributed by atoms with van der Waals surface area (Å²) in [5.74, 6) is 2.44. The lowest BCUT2D eigenvalue weighted by atomic mass is 10.1. The third kappa shape index (κ3) is 3.52. The van der Waals surface area contributed by atoms with E-state index in [-0.39, 0.29) is 0 Å². The number of ether oxygens (including phenoxy) is 2. The Kier molecular flexibility index (Phi) is 4.79. The SMILES string of the molecule is C#Cc1ccccc1C(=O)Oc1ccccc1/C=C/OC. The molecular weight excluding hydrogens is 264 g/mol. The summed E-state index contributed by atoms with van der Waals surface area (Å²) >= 11 is 0. The van der Waals surface area contributed by atoms with Crippen molar-refractivity contribution in [2.45, 2.75) is 0 Å². The molecule has 0 fully saturated rings. The molecule has 0 bridgehead atoms. The molecule has 0 heterocycles. The lowest BCUT2D eigenvalue weighted by Crippen LogP contribution is -2.11. The van der Waals surface area contributed by atoms with Crippen LogP contribution in [-0.2, 0) is 4.74 Å². The maximum absolute atomic E-state index is 12.2. The molecule has 0 saturated carbocycles. The monoisotopic (exact) mass is 278 g/mol. The number of benzene rings is 2. The average Bonchev–Trinajstić information content (AvgIpc) is 2.54. The van der Waals surface area contributed by atoms with E-state index in [0.717, 1.165) is 5.56 Å². The highest BCUT2D eigenvalue weighted by atomic mass is 16.5. The van der Waals surface area contributed by atoms with E-state index in [9.17, 15) is 4.79 Å². The minimum absolute atomic E-state index is 0.366. The van der Waals surface area contributed by atoms with Gasteiger partial charge in [0.2, 0.25) is 0 Å². The molecule has 0 aromatic heterocycles. The van der Waals surface area contributed by atoms with Crippen LogP contribution >= 0.6 is 0 Å². The van der Waals surface area contributed by atoms with Crippen LogP contribution in [0.15, 0.2) is 54.8 Å². The average molecular weight is 278 g/mol. The van der Waals surface area contributed by atoms with E-state index in [1.165, 1.54) is 6.26 Å². The lowest BCUT2D eigenvalue weighted by molar-refractivity contribution is 0.0734. The summed E-state index contributed by atoms with van der Waals surface area (Å²) in [5, 5.41) is 0. The lowest BCUT2D eigenvalue weighted by Gasteiger charge is -2.08. The second-order valence-electron chi connectivity index (χ2n) is 4.16. The topological polar surface area (TPSA) is 35.5 Å². The molecule has 0 aliphatic carbocycles. The highest BCUT2D eigenvalue weighted by Gasteiger charge is 2.13. The van der Waals surface area contributed by atoms with Crippen molar-refractivity contribution in [3.05, 3.63) is 71.5 Å². The molecule has 3 nitrogen and oxygen atoms in total. The summed E-state index contributed by atoms with van der Waals surface area (Å²) < 4.78 is 10.3. The first-order valence-corrected chi connectivity index (χ1v) is 6.32. The number of hydrogen-bond donors (Lipinski definition) is 0. The van der Waals surface area contributed by atoms with E-state index in [0.29, 0.717) is 16.9 Å². The molecule has 0 unspecified atom stereocenters. The van der Waals surface area contributed by atoms with Gasteiger partial charge in [0.05, 0.1) is 18.9 Å². The number of esters is 1. The zero-order chi connectivity index (χ0) is 15.1. The number of carbonyl (C=O) groups is 1. The van der Waals surface area contributed by atoms with Gasteiger partial charge < -0.3 is 9.47 Å². The molecule has 2 rings (SSSR count). The molecule has 21 heavy (non-hydrogen) atoms. The standard InChI is InChI=1S/C18H14O3/c1-3-14-8-4-6-10-16(14)18(19)21-17-11-7-5-9-15(17)12-13-20-2/h1,4-13H,2H3/b13-12+. The van der Waals surface area contributed by atoms with Gasteiger partial charge in [-0.1, -0.05) is 36.3 Å². The van der Waals surface area contributed by atoms with Crippen molar-refractivity contribution in [2.24, 2.45) is 0 Å². The molecule has 3 heteroatoms. The molecule has 0 saturated heterocycles. The van der Waals surface area contributed by atoms with Crippen LogP contribution in [0.3, 0.4) is 0 Å². The predicted octanol–water partition coefficient (Wildman–Crippen LogP) is 3.50. The van der Waals surface area contributed by atoms with Gasteiger partial charge in [-0.15, -0.1) is 6.42 Å². The van der Waals surface area contributed by atoms with Gasteiger partial charge in [0.25, 0.3) is 0 Å². The summed E-state index contributed by atoms with van der Waals surface area (Å²) in [4.78, 5) is 12.2. The highest BCUT2D eigenvalue weighted by Crippen LogP contribution is 2.21. The van der Waals surface area contributed by atoms with Crippen LogP contribution in [0.25, 0.3) is 6.08 Å². The second kappa shape index (κ2) is 6.97. The van der Waals surface area contributed by atoms with Crippen LogP contribution in [-0.4, -0.2) is 13.1 Å². The van der Waals surface area contributed by atoms with Crippen LogP contribution in [0.2, 0.25) is 0 Å². The molecular formula is C18H14O3. The van der Waals surface area contributed by atoms with Gasteiger partial charge in [0.15, 0.2) is 0 Å². The van der Waals surface area contributed by atoms with Crippen LogP contribution in [0.4, 0.5) is 0 Å². The maximum atomic E-state index is 12.2. The Morgan fingerprint density at radius 3 is 2.62 bits per heavy atom. The Balaban J connectivity index is 2.28. The first-order chi connectivity index (χ1) is 10.3. The molecule has 2 aromatic carbocycles. The normalized spacial score (nSPS) is 10.1. The van der Waals surface area contributed by atoms with Crippen LogP contribution in [0, 0.1) is 12.3 Å². The quantitative estimate of drug-likeness (QED) is 0.371. The Labute approximate surface area is 123 Å². The fourth-order valence-electron chi connectivity index (χ4n) is 1.79. The summed E-state index contributed by atoms with van der Waals surface area (Å²) in [6, 6.07) is 14.0. The van der Waals surface area contributed by atoms with Crippen molar-refractivity contribution in [2.75, 3.05) is 7.11 Å². The van der Waals surface area contributed by atoms with Gasteiger partial charge in [-0.25, -0.2) is 4.79 Å². The number of carbonyl (C=O) groups excluding carboxylic acids is 1. The first-order valence-electron chi connectivity index (χ1n) is 6.32. The summed E-state index contributed by atoms with van der Waals surface area (Å²) in [5.41, 5.74) is 1.61. The van der Waals surface area contributed by atoms with Crippen molar-refractivity contribution < 1.29 is 14.3 Å². The van der Waals surface area contributed by atoms with Crippen LogP contribution in [0.5, 0.6) is 5.75 Å². The first kappa shape index (κ1) is 14.4. The van der Waals surface area contributed by atoms with Gasteiger partial charge >= 0.3 is 5.97 Å². The fourth-order valence-corrected chi connectivity index (χ4v) is 1.79. The fraction of sp³-hybridized carbons (Fsp3) is 0.0556. The second-order valence-corrected chi connectivity index (χ2v) is 4.16. The molecule has 0 N–H and O–H groups in total. The molecule has 0 amide bonds. The van der Waals surface area contributed by atoms with Gasteiger partial charge in [0, 0.05) is 11.1 Å². The zero-order valence-electron chi connectivity index (χ0n) is 11.6. The van der Waals surface area contributed by atoms with Crippen LogP contribution < -0.4 is 4.74 Å². The van der Waals surface area contributed by atoms with Crippen molar-refractivity contribution in [3.63, 3.8) is 0 Å². The van der Waals surface area contributed by atoms with E-state index < -0.39 is 5.97 Å². The largest absolute Gasteiger partial charge is 0.504 e. The molecule has 0 aliphatic heterocycles. The van der Waals surface area contributed by atoms with Crippen molar-refractivity contribution in [1.82, 2.24) is 0 Å². The third-order valence-corrected chi connectivity index (χ3v) is 2.81. The smallest absolute Gasteiger partial charge is 0.344 e. The Bertz CT molecular complexity index is 708. The van der Waals surface area contributed by atoms with E-state index in [2.05, 4.69) is 5.92 Å². The van der Waals surface area contributed by atoms with Gasteiger partial charge in [-0.05, 0) is 24.3 Å². The number of rotatable bonds is 4. The number of terminal acetylenes is 1. The number of hydrogen-bond acceptors (Lipinski definition) is 3. The summed E-state index contributed by atoms with van der Waals surface area (Å²) in [6.45, 7) is 0. The summed E-state index contributed by atoms with van der Waals surface area (Å²) in [6.07, 6.45) is 8.63. The highest BCUT2D eigenvalue weighted by molar-refractivity contribution is 5.94. The van der Waals surface area contributed by atoms with E-state index >= 15 is 0 Å². The van der Waals surface area contributed by atoms with E-state index in [4.69, 9.17) is 15.9 Å². The van der Waals surface area contributed by atoms with Crippen molar-refractivity contribution in [3.8, 4) is 18.1 Å². The van der Waals surface area contributed by atoms with E-state index in [1.807, 2.05) is 12.1 Å². The number of methoxy groups -OCH3 is 1. The zero-order valence-corrected chi connectivity index (χ0v) is 11.6. The van der Waals surface area contributed by atoms with Crippen molar-refractivity contribution >= 4 is 12.0 Å². The van der Waals surface area contributed by atoms with Gasteiger partial charge in [-0.3, -0.25) is 0 Å².